The molecule has 4 heteroatoms. The van der Waals surface area contributed by atoms with Crippen molar-refractivity contribution in [2.75, 3.05) is 6.54 Å². The molecule has 1 aromatic rings. The number of halogens is 1. The van der Waals surface area contributed by atoms with Crippen molar-refractivity contribution in [2.45, 2.75) is 17.3 Å². The summed E-state index contributed by atoms with van der Waals surface area (Å²) in [5, 5.41) is 1.15. The molecule has 2 nitrogen and oxygen atoms in total. The molecule has 0 bridgehead atoms. The molecule has 0 aliphatic rings. The molecule has 14 heavy (non-hydrogen) atoms. The Bertz CT molecular complexity index is 265. The van der Waals surface area contributed by atoms with Crippen LogP contribution in [-0.4, -0.2) is 21.5 Å². The summed E-state index contributed by atoms with van der Waals surface area (Å²) in [6.45, 7) is 0.767. The second-order valence-electron chi connectivity index (χ2n) is 3.04. The molecule has 0 aromatic heterocycles. The summed E-state index contributed by atoms with van der Waals surface area (Å²) in [7, 11) is 0. The third kappa shape index (κ3) is 4.49. The van der Waals surface area contributed by atoms with Crippen molar-refractivity contribution in [3.8, 4) is 5.75 Å². The van der Waals surface area contributed by atoms with Gasteiger partial charge in [0.1, 0.15) is 0 Å². The van der Waals surface area contributed by atoms with E-state index in [1.165, 1.54) is 0 Å². The predicted octanol–water partition coefficient (Wildman–Crippen LogP) is 2.80. The number of benzene rings is 1. The van der Waals surface area contributed by atoms with Crippen LogP contribution >= 0.6 is 15.9 Å². The van der Waals surface area contributed by atoms with Crippen LogP contribution in [0, 0.1) is 0 Å². The van der Waals surface area contributed by atoms with E-state index >= 15 is 0 Å². The molecular weight excluding hydrogens is 305 g/mol. The Morgan fingerprint density at radius 3 is 2.57 bits per heavy atom. The van der Waals surface area contributed by atoms with Gasteiger partial charge in [-0.05, 0) is 0 Å². The van der Waals surface area contributed by atoms with Crippen molar-refractivity contribution in [3.05, 3.63) is 28.7 Å². The van der Waals surface area contributed by atoms with Crippen LogP contribution in [-0.2, 0) is 0 Å². The molecule has 1 atom stereocenters. The Balaban J connectivity index is 2.39. The fourth-order valence-corrected chi connectivity index (χ4v) is 3.82. The number of rotatable bonds is 5. The zero-order valence-corrected chi connectivity index (χ0v) is 11.7. The van der Waals surface area contributed by atoms with Gasteiger partial charge < -0.3 is 0 Å². The second kappa shape index (κ2) is 6.49. The van der Waals surface area contributed by atoms with Crippen molar-refractivity contribution in [2.24, 2.45) is 5.73 Å². The van der Waals surface area contributed by atoms with Crippen LogP contribution in [0.5, 0.6) is 5.75 Å². The Morgan fingerprint density at radius 2 is 2.00 bits per heavy atom. The van der Waals surface area contributed by atoms with Gasteiger partial charge in [0.15, 0.2) is 0 Å². The summed E-state index contributed by atoms with van der Waals surface area (Å²) in [6, 6.07) is 8.00. The molecule has 0 amide bonds. The van der Waals surface area contributed by atoms with E-state index in [1.807, 2.05) is 24.3 Å². The van der Waals surface area contributed by atoms with Crippen molar-refractivity contribution in [3.63, 3.8) is 0 Å². The van der Waals surface area contributed by atoms with E-state index in [0.717, 1.165) is 28.4 Å². The summed E-state index contributed by atoms with van der Waals surface area (Å²) < 4.78 is 6.93. The number of hydrogen-bond acceptors (Lipinski definition) is 2. The van der Waals surface area contributed by atoms with E-state index in [1.54, 1.807) is 0 Å². The molecule has 0 radical (unpaired) electrons. The average molecular weight is 320 g/mol. The first-order chi connectivity index (χ1) is 6.72. The molecule has 0 saturated heterocycles. The van der Waals surface area contributed by atoms with Crippen molar-refractivity contribution in [1.29, 1.82) is 0 Å². The van der Waals surface area contributed by atoms with Gasteiger partial charge in [-0.1, -0.05) is 0 Å². The Labute approximate surface area is 98.6 Å². The first kappa shape index (κ1) is 12.1. The van der Waals surface area contributed by atoms with E-state index in [-0.39, 0.29) is 0 Å². The number of nitrogens with two attached hydrogens (primary N) is 1. The van der Waals surface area contributed by atoms with Crippen LogP contribution in [0.2, 0.25) is 10.9 Å². The summed E-state index contributed by atoms with van der Waals surface area (Å²) in [6.07, 6.45) is 1.08. The molecular formula is C10H15AsBrNO. The standard InChI is InChI=1S/C10H15AsBrNO/c1-11(7-2-8-13)14-10-5-3-9(12)4-6-10/h3-6H,2,7-8,13H2,1H3. The normalized spacial score (nSPS) is 12.5. The monoisotopic (exact) mass is 319 g/mol. The van der Waals surface area contributed by atoms with E-state index in [4.69, 9.17) is 9.46 Å². The summed E-state index contributed by atoms with van der Waals surface area (Å²) in [4.78, 5) is 0. The fraction of sp³-hybridized carbons (Fsp3) is 0.400. The van der Waals surface area contributed by atoms with Gasteiger partial charge in [-0.25, -0.2) is 0 Å². The minimum atomic E-state index is -1.12. The zero-order valence-electron chi connectivity index (χ0n) is 8.24. The number of hydrogen-bond donors (Lipinski definition) is 1. The van der Waals surface area contributed by atoms with Crippen molar-refractivity contribution >= 4 is 30.9 Å². The molecule has 1 rings (SSSR count). The van der Waals surface area contributed by atoms with E-state index in [9.17, 15) is 0 Å². The first-order valence-electron chi connectivity index (χ1n) is 4.57. The van der Waals surface area contributed by atoms with Gasteiger partial charge in [0.2, 0.25) is 0 Å². The maximum atomic E-state index is 5.84. The molecule has 0 spiro atoms. The zero-order chi connectivity index (χ0) is 10.4. The third-order valence-electron chi connectivity index (χ3n) is 1.75. The summed E-state index contributed by atoms with van der Waals surface area (Å²) in [5.41, 5.74) is 7.66. The second-order valence-corrected chi connectivity index (χ2v) is 7.91. The molecule has 2 N–H and O–H groups in total. The van der Waals surface area contributed by atoms with Gasteiger partial charge in [0, 0.05) is 0 Å². The van der Waals surface area contributed by atoms with Gasteiger partial charge in [0.25, 0.3) is 0 Å². The molecule has 0 heterocycles. The van der Waals surface area contributed by atoms with Gasteiger partial charge in [-0.3, -0.25) is 0 Å². The van der Waals surface area contributed by atoms with Crippen LogP contribution in [0.4, 0.5) is 0 Å². The predicted molar refractivity (Wildman–Crippen MR) is 64.9 cm³/mol. The molecule has 1 aromatic carbocycles. The Hall–Kier alpha value is 0.0184. The Morgan fingerprint density at radius 1 is 1.36 bits per heavy atom. The van der Waals surface area contributed by atoms with Gasteiger partial charge in [-0.2, -0.15) is 0 Å². The van der Waals surface area contributed by atoms with E-state index in [0.29, 0.717) is 0 Å². The van der Waals surface area contributed by atoms with Crippen LogP contribution in [0.1, 0.15) is 6.42 Å². The van der Waals surface area contributed by atoms with Crippen LogP contribution < -0.4 is 9.46 Å². The SMILES string of the molecule is C[As](CCCN)Oc1ccc(Br)cc1. The topological polar surface area (TPSA) is 35.2 Å². The first-order valence-corrected chi connectivity index (χ1v) is 9.33. The van der Waals surface area contributed by atoms with Crippen LogP contribution in [0.15, 0.2) is 28.7 Å². The van der Waals surface area contributed by atoms with Gasteiger partial charge >= 0.3 is 98.8 Å². The van der Waals surface area contributed by atoms with Crippen molar-refractivity contribution < 1.29 is 3.73 Å². The molecule has 78 valence electrons. The van der Waals surface area contributed by atoms with E-state index < -0.39 is 15.0 Å². The molecule has 0 aliphatic carbocycles. The molecule has 0 aliphatic heterocycles. The average Bonchev–Trinajstić information content (AvgIpc) is 2.18. The minimum absolute atomic E-state index is 0.767. The summed E-state index contributed by atoms with van der Waals surface area (Å²) >= 11 is 2.27. The van der Waals surface area contributed by atoms with E-state index in [2.05, 4.69) is 21.6 Å². The summed E-state index contributed by atoms with van der Waals surface area (Å²) in [5.74, 6) is 0.979. The maximum absolute atomic E-state index is 5.84. The quantitative estimate of drug-likeness (QED) is 0.847. The molecule has 0 fully saturated rings. The third-order valence-corrected chi connectivity index (χ3v) is 5.36. The fourth-order valence-electron chi connectivity index (χ4n) is 1.03. The van der Waals surface area contributed by atoms with Crippen LogP contribution in [0.25, 0.3) is 0 Å². The van der Waals surface area contributed by atoms with Crippen LogP contribution in [0.3, 0.4) is 0 Å². The van der Waals surface area contributed by atoms with Gasteiger partial charge in [-0.15, -0.1) is 0 Å². The van der Waals surface area contributed by atoms with Gasteiger partial charge in [0.05, 0.1) is 0 Å². The Kier molecular flexibility index (Phi) is 5.61. The molecule has 0 saturated carbocycles. The van der Waals surface area contributed by atoms with Crippen molar-refractivity contribution in [1.82, 2.24) is 0 Å². The molecule has 1 unspecified atom stereocenters.